The van der Waals surface area contributed by atoms with Crippen LogP contribution in [0.15, 0.2) is 18.2 Å². The summed E-state index contributed by atoms with van der Waals surface area (Å²) in [7, 11) is 0. The van der Waals surface area contributed by atoms with Gasteiger partial charge in [-0.1, -0.05) is 6.07 Å². The summed E-state index contributed by atoms with van der Waals surface area (Å²) in [5, 5.41) is 5.55. The Kier molecular flexibility index (Phi) is 3.80. The number of hydrogen-bond donors (Lipinski definition) is 2. The van der Waals surface area contributed by atoms with E-state index in [1.165, 1.54) is 19.1 Å². The van der Waals surface area contributed by atoms with Gasteiger partial charge in [0.2, 0.25) is 5.91 Å². The van der Waals surface area contributed by atoms with Gasteiger partial charge in [0.25, 0.3) is 0 Å². The number of halogens is 3. The summed E-state index contributed by atoms with van der Waals surface area (Å²) in [6.07, 6.45) is -4.06. The fraction of sp³-hybridized carbons (Fsp3) is 0.462. The minimum absolute atomic E-state index is 0.147. The zero-order valence-corrected chi connectivity index (χ0v) is 10.5. The summed E-state index contributed by atoms with van der Waals surface area (Å²) in [6.45, 7) is 2.97. The Labute approximate surface area is 109 Å². The average Bonchev–Trinajstić information content (AvgIpc) is 2.25. The first-order chi connectivity index (χ1) is 8.86. The Morgan fingerprint density at radius 2 is 2.11 bits per heavy atom. The van der Waals surface area contributed by atoms with Crippen molar-refractivity contribution in [2.75, 3.05) is 18.4 Å². The van der Waals surface area contributed by atoms with Crippen LogP contribution < -0.4 is 10.6 Å². The first-order valence-electron chi connectivity index (χ1n) is 6.04. The molecule has 1 heterocycles. The normalized spacial score (nSPS) is 16.0. The second kappa shape index (κ2) is 5.21. The highest BCUT2D eigenvalue weighted by molar-refractivity contribution is 5.91. The second-order valence-electron chi connectivity index (χ2n) is 4.80. The maximum absolute atomic E-state index is 12.7. The van der Waals surface area contributed by atoms with E-state index in [-0.39, 0.29) is 23.1 Å². The minimum Gasteiger partial charge on any atom is -0.326 e. The van der Waals surface area contributed by atoms with Crippen molar-refractivity contribution in [1.82, 2.24) is 5.32 Å². The van der Waals surface area contributed by atoms with Gasteiger partial charge in [0, 0.05) is 12.1 Å². The molecular weight excluding hydrogens is 257 g/mol. The lowest BCUT2D eigenvalue weighted by atomic mass is 9.99. The van der Waals surface area contributed by atoms with Crippen LogP contribution in [-0.2, 0) is 11.0 Å². The molecule has 1 aliphatic heterocycles. The number of carbonyl (C=O) groups is 1. The number of hydrogen-bond acceptors (Lipinski definition) is 2. The first kappa shape index (κ1) is 13.9. The van der Waals surface area contributed by atoms with Gasteiger partial charge in [0.1, 0.15) is 0 Å². The predicted octanol–water partition coefficient (Wildman–Crippen LogP) is 2.56. The quantitative estimate of drug-likeness (QED) is 0.888. The number of carbonyl (C=O) groups excluding carboxylic acids is 1. The van der Waals surface area contributed by atoms with Crippen molar-refractivity contribution < 1.29 is 18.0 Å². The highest BCUT2D eigenvalue weighted by Crippen LogP contribution is 2.33. The first-order valence-corrected chi connectivity index (χ1v) is 6.04. The Balaban J connectivity index is 2.06. The van der Waals surface area contributed by atoms with Crippen molar-refractivity contribution >= 4 is 11.6 Å². The highest BCUT2D eigenvalue weighted by Gasteiger charge is 2.32. The van der Waals surface area contributed by atoms with E-state index in [0.29, 0.717) is 6.42 Å². The van der Waals surface area contributed by atoms with Crippen molar-refractivity contribution in [3.8, 4) is 0 Å². The van der Waals surface area contributed by atoms with Gasteiger partial charge in [-0.25, -0.2) is 0 Å². The molecule has 0 radical (unpaired) electrons. The van der Waals surface area contributed by atoms with Crippen LogP contribution in [0.4, 0.5) is 18.9 Å². The van der Waals surface area contributed by atoms with Gasteiger partial charge in [0.05, 0.1) is 5.56 Å². The van der Waals surface area contributed by atoms with Crippen LogP contribution in [0.5, 0.6) is 0 Å². The van der Waals surface area contributed by atoms with Crippen LogP contribution in [0, 0.1) is 12.8 Å². The zero-order chi connectivity index (χ0) is 14.0. The zero-order valence-electron chi connectivity index (χ0n) is 10.5. The van der Waals surface area contributed by atoms with E-state index in [4.69, 9.17) is 0 Å². The van der Waals surface area contributed by atoms with Crippen LogP contribution in [0.3, 0.4) is 0 Å². The van der Waals surface area contributed by atoms with Crippen molar-refractivity contribution in [3.63, 3.8) is 0 Å². The minimum atomic E-state index is -4.40. The standard InChI is InChI=1S/C13H15F3N2O/c1-8-2-3-10(5-11(8)13(14,15)16)18-12(19)4-9-6-17-7-9/h2-3,5,9,17H,4,6-7H2,1H3,(H,18,19). The summed E-state index contributed by atoms with van der Waals surface area (Å²) in [6, 6.07) is 3.83. The number of alkyl halides is 3. The van der Waals surface area contributed by atoms with Crippen LogP contribution in [0.1, 0.15) is 17.5 Å². The molecule has 1 aromatic rings. The lowest BCUT2D eigenvalue weighted by Crippen LogP contribution is -2.43. The molecule has 0 unspecified atom stereocenters. The number of anilines is 1. The Bertz CT molecular complexity index is 481. The lowest BCUT2D eigenvalue weighted by Gasteiger charge is -2.26. The van der Waals surface area contributed by atoms with Gasteiger partial charge >= 0.3 is 6.18 Å². The molecule has 1 aliphatic rings. The van der Waals surface area contributed by atoms with Gasteiger partial charge in [-0.05, 0) is 43.6 Å². The SMILES string of the molecule is Cc1ccc(NC(=O)CC2CNC2)cc1C(F)(F)F. The second-order valence-corrected chi connectivity index (χ2v) is 4.80. The fourth-order valence-electron chi connectivity index (χ4n) is 1.97. The van der Waals surface area contributed by atoms with E-state index in [2.05, 4.69) is 10.6 Å². The molecule has 0 saturated carbocycles. The van der Waals surface area contributed by atoms with Crippen LogP contribution in [-0.4, -0.2) is 19.0 Å². The third-order valence-electron chi connectivity index (χ3n) is 3.17. The molecule has 6 heteroatoms. The molecule has 2 rings (SSSR count). The van der Waals surface area contributed by atoms with Gasteiger partial charge in [-0.2, -0.15) is 13.2 Å². The smallest absolute Gasteiger partial charge is 0.326 e. The van der Waals surface area contributed by atoms with Crippen molar-refractivity contribution in [1.29, 1.82) is 0 Å². The van der Waals surface area contributed by atoms with Gasteiger partial charge in [0.15, 0.2) is 0 Å². The molecule has 0 spiro atoms. The van der Waals surface area contributed by atoms with E-state index < -0.39 is 11.7 Å². The maximum Gasteiger partial charge on any atom is 0.416 e. The third kappa shape index (κ3) is 3.47. The van der Waals surface area contributed by atoms with Crippen molar-refractivity contribution in [3.05, 3.63) is 29.3 Å². The predicted molar refractivity (Wildman–Crippen MR) is 65.8 cm³/mol. The summed E-state index contributed by atoms with van der Waals surface area (Å²) in [4.78, 5) is 11.6. The van der Waals surface area contributed by atoms with Crippen molar-refractivity contribution in [2.45, 2.75) is 19.5 Å². The molecule has 104 valence electrons. The molecule has 1 fully saturated rings. The Morgan fingerprint density at radius 3 is 2.63 bits per heavy atom. The molecule has 0 bridgehead atoms. The molecule has 1 aromatic carbocycles. The fourth-order valence-corrected chi connectivity index (χ4v) is 1.97. The highest BCUT2D eigenvalue weighted by atomic mass is 19.4. The van der Waals surface area contributed by atoms with Crippen LogP contribution in [0.25, 0.3) is 0 Å². The van der Waals surface area contributed by atoms with Crippen molar-refractivity contribution in [2.24, 2.45) is 5.92 Å². The average molecular weight is 272 g/mol. The molecule has 3 nitrogen and oxygen atoms in total. The topological polar surface area (TPSA) is 41.1 Å². The molecule has 2 N–H and O–H groups in total. The number of benzene rings is 1. The monoisotopic (exact) mass is 272 g/mol. The summed E-state index contributed by atoms with van der Waals surface area (Å²) < 4.78 is 38.2. The summed E-state index contributed by atoms with van der Waals surface area (Å²) >= 11 is 0. The van der Waals surface area contributed by atoms with E-state index in [1.807, 2.05) is 0 Å². The molecule has 1 amide bonds. The maximum atomic E-state index is 12.7. The third-order valence-corrected chi connectivity index (χ3v) is 3.17. The molecule has 19 heavy (non-hydrogen) atoms. The van der Waals surface area contributed by atoms with E-state index in [9.17, 15) is 18.0 Å². The van der Waals surface area contributed by atoms with Gasteiger partial charge < -0.3 is 10.6 Å². The number of nitrogens with one attached hydrogen (secondary N) is 2. The Hall–Kier alpha value is -1.56. The van der Waals surface area contributed by atoms with Crippen LogP contribution >= 0.6 is 0 Å². The summed E-state index contributed by atoms with van der Waals surface area (Å²) in [5.74, 6) is 0.0380. The lowest BCUT2D eigenvalue weighted by molar-refractivity contribution is -0.138. The molecule has 0 aromatic heterocycles. The number of aryl methyl sites for hydroxylation is 1. The molecule has 0 atom stereocenters. The van der Waals surface area contributed by atoms with Gasteiger partial charge in [-0.3, -0.25) is 4.79 Å². The molecule has 0 aliphatic carbocycles. The van der Waals surface area contributed by atoms with Gasteiger partial charge in [-0.15, -0.1) is 0 Å². The van der Waals surface area contributed by atoms with E-state index in [1.54, 1.807) is 0 Å². The largest absolute Gasteiger partial charge is 0.416 e. The molecular formula is C13H15F3N2O. The summed E-state index contributed by atoms with van der Waals surface area (Å²) in [5.41, 5.74) is -0.375. The molecule has 1 saturated heterocycles. The van der Waals surface area contributed by atoms with E-state index >= 15 is 0 Å². The van der Waals surface area contributed by atoms with E-state index in [0.717, 1.165) is 19.2 Å². The Morgan fingerprint density at radius 1 is 1.42 bits per heavy atom. The number of amides is 1. The van der Waals surface area contributed by atoms with Crippen LogP contribution in [0.2, 0.25) is 0 Å². The number of rotatable bonds is 3.